The maximum absolute atomic E-state index is 12.2. The number of morpholine rings is 1. The third-order valence-electron chi connectivity index (χ3n) is 4.39. The number of nitrogens with one attached hydrogen (secondary N) is 1. The number of nitrogens with zero attached hydrogens (tertiary/aromatic N) is 1. The van der Waals surface area contributed by atoms with E-state index in [1.807, 2.05) is 0 Å². The van der Waals surface area contributed by atoms with Crippen LogP contribution in [0, 0.1) is 5.92 Å². The van der Waals surface area contributed by atoms with Gasteiger partial charge in [-0.2, -0.15) is 0 Å². The lowest BCUT2D eigenvalue weighted by Gasteiger charge is -2.33. The fourth-order valence-corrected chi connectivity index (χ4v) is 3.13. The van der Waals surface area contributed by atoms with Crippen LogP contribution in [0.25, 0.3) is 0 Å². The summed E-state index contributed by atoms with van der Waals surface area (Å²) in [7, 11) is 0. The van der Waals surface area contributed by atoms with Gasteiger partial charge in [-0.25, -0.2) is 0 Å². The summed E-state index contributed by atoms with van der Waals surface area (Å²) in [4.78, 5) is 14.4. The van der Waals surface area contributed by atoms with Gasteiger partial charge < -0.3 is 14.8 Å². The number of rotatable bonds is 5. The summed E-state index contributed by atoms with van der Waals surface area (Å²) in [5.41, 5.74) is 0. The highest BCUT2D eigenvalue weighted by atomic mass is 16.5. The van der Waals surface area contributed by atoms with Gasteiger partial charge >= 0.3 is 0 Å². The van der Waals surface area contributed by atoms with E-state index in [-0.39, 0.29) is 11.9 Å². The van der Waals surface area contributed by atoms with Gasteiger partial charge in [0.15, 0.2) is 0 Å². The lowest BCUT2D eigenvalue weighted by molar-refractivity contribution is -0.132. The Bertz CT molecular complexity index is 311. The number of hydrogen-bond acceptors (Lipinski definition) is 4. The third-order valence-corrected chi connectivity index (χ3v) is 4.39. The van der Waals surface area contributed by atoms with Gasteiger partial charge in [-0.15, -0.1) is 0 Å². The highest BCUT2D eigenvalue weighted by molar-refractivity contribution is 5.81. The molecule has 2 heterocycles. The smallest absolute Gasteiger partial charge is 0.239 e. The molecule has 5 heteroatoms. The lowest BCUT2D eigenvalue weighted by Crippen LogP contribution is -2.53. The minimum atomic E-state index is -0.109. The van der Waals surface area contributed by atoms with Crippen LogP contribution in [0.5, 0.6) is 0 Å². The van der Waals surface area contributed by atoms with Gasteiger partial charge in [-0.1, -0.05) is 6.92 Å². The van der Waals surface area contributed by atoms with Crippen LogP contribution in [0.15, 0.2) is 0 Å². The van der Waals surface area contributed by atoms with E-state index < -0.39 is 0 Å². The molecule has 3 atom stereocenters. The zero-order valence-electron chi connectivity index (χ0n) is 12.8. The zero-order chi connectivity index (χ0) is 14.4. The van der Waals surface area contributed by atoms with Crippen molar-refractivity contribution in [2.75, 3.05) is 39.5 Å². The largest absolute Gasteiger partial charge is 0.378 e. The van der Waals surface area contributed by atoms with Crippen LogP contribution in [0.3, 0.4) is 0 Å². The average Bonchev–Trinajstić information content (AvgIpc) is 2.47. The molecule has 1 amide bonds. The van der Waals surface area contributed by atoms with E-state index in [0.29, 0.717) is 18.6 Å². The molecule has 0 aromatic rings. The molecule has 0 spiro atoms. The third kappa shape index (κ3) is 4.43. The van der Waals surface area contributed by atoms with Crippen molar-refractivity contribution < 1.29 is 14.3 Å². The number of hydrogen-bond donors (Lipinski definition) is 1. The van der Waals surface area contributed by atoms with E-state index in [1.165, 1.54) is 0 Å². The molecule has 1 N–H and O–H groups in total. The molecule has 3 unspecified atom stereocenters. The molecule has 20 heavy (non-hydrogen) atoms. The van der Waals surface area contributed by atoms with Crippen LogP contribution in [-0.4, -0.2) is 62.4 Å². The summed E-state index contributed by atoms with van der Waals surface area (Å²) in [5, 5.41) is 3.08. The summed E-state index contributed by atoms with van der Waals surface area (Å²) >= 11 is 0. The summed E-state index contributed by atoms with van der Waals surface area (Å²) in [5.74, 6) is 0.801. The Labute approximate surface area is 122 Å². The van der Waals surface area contributed by atoms with Crippen molar-refractivity contribution in [2.24, 2.45) is 5.92 Å². The van der Waals surface area contributed by atoms with Gasteiger partial charge in [-0.05, 0) is 38.6 Å². The quantitative estimate of drug-likeness (QED) is 0.819. The number of ether oxygens (including phenoxy) is 2. The lowest BCUT2D eigenvalue weighted by atomic mass is 9.93. The van der Waals surface area contributed by atoms with E-state index in [0.717, 1.165) is 52.1 Å². The van der Waals surface area contributed by atoms with Gasteiger partial charge in [0.25, 0.3) is 0 Å². The summed E-state index contributed by atoms with van der Waals surface area (Å²) in [6.45, 7) is 8.86. The number of amides is 1. The molecular formula is C15H28N2O3. The van der Waals surface area contributed by atoms with Crippen molar-refractivity contribution in [1.82, 2.24) is 10.2 Å². The predicted molar refractivity (Wildman–Crippen MR) is 77.6 cm³/mol. The van der Waals surface area contributed by atoms with Crippen LogP contribution in [0.2, 0.25) is 0 Å². The highest BCUT2D eigenvalue weighted by Crippen LogP contribution is 2.22. The van der Waals surface area contributed by atoms with Crippen molar-refractivity contribution in [1.29, 1.82) is 0 Å². The van der Waals surface area contributed by atoms with Crippen molar-refractivity contribution in [3.63, 3.8) is 0 Å². The van der Waals surface area contributed by atoms with Crippen molar-refractivity contribution in [2.45, 2.75) is 45.3 Å². The van der Waals surface area contributed by atoms with Gasteiger partial charge in [0.1, 0.15) is 6.04 Å². The zero-order valence-corrected chi connectivity index (χ0v) is 12.8. The molecule has 2 fully saturated rings. The van der Waals surface area contributed by atoms with E-state index in [2.05, 4.69) is 24.1 Å². The fraction of sp³-hybridized carbons (Fsp3) is 0.933. The number of carbonyl (C=O) groups excluding carboxylic acids is 1. The Hall–Kier alpha value is -0.650. The summed E-state index contributed by atoms with van der Waals surface area (Å²) < 4.78 is 11.0. The molecule has 2 aliphatic rings. The molecule has 0 saturated carbocycles. The first-order valence-electron chi connectivity index (χ1n) is 7.91. The standard InChI is InChI=1S/C15H28N2O3/c1-3-17-7-9-19-11-14(17)15(18)16-6-4-13-5-8-20-12(2)10-13/h12-14H,3-11H2,1-2H3,(H,16,18). The maximum Gasteiger partial charge on any atom is 0.239 e. The first-order valence-corrected chi connectivity index (χ1v) is 7.91. The summed E-state index contributed by atoms with van der Waals surface area (Å²) in [6, 6.07) is -0.109. The van der Waals surface area contributed by atoms with Crippen molar-refractivity contribution in [3.05, 3.63) is 0 Å². The molecule has 5 nitrogen and oxygen atoms in total. The van der Waals surface area contributed by atoms with Crippen LogP contribution < -0.4 is 5.32 Å². The first-order chi connectivity index (χ1) is 9.70. The van der Waals surface area contributed by atoms with Gasteiger partial charge in [0.2, 0.25) is 5.91 Å². The Balaban J connectivity index is 1.68. The summed E-state index contributed by atoms with van der Waals surface area (Å²) in [6.07, 6.45) is 3.66. The number of likely N-dealkylation sites (N-methyl/N-ethyl adjacent to an activating group) is 1. The fourth-order valence-electron chi connectivity index (χ4n) is 3.13. The second-order valence-corrected chi connectivity index (χ2v) is 5.87. The average molecular weight is 284 g/mol. The normalized spacial score (nSPS) is 32.0. The molecule has 0 bridgehead atoms. The first kappa shape index (κ1) is 15.7. The Morgan fingerprint density at radius 2 is 2.25 bits per heavy atom. The van der Waals surface area contributed by atoms with Crippen LogP contribution in [0.1, 0.15) is 33.1 Å². The molecule has 2 saturated heterocycles. The molecular weight excluding hydrogens is 256 g/mol. The van der Waals surface area contributed by atoms with Crippen molar-refractivity contribution in [3.8, 4) is 0 Å². The van der Waals surface area contributed by atoms with Crippen LogP contribution >= 0.6 is 0 Å². The Morgan fingerprint density at radius 1 is 1.40 bits per heavy atom. The van der Waals surface area contributed by atoms with Gasteiger partial charge in [-0.3, -0.25) is 9.69 Å². The minimum absolute atomic E-state index is 0.109. The minimum Gasteiger partial charge on any atom is -0.378 e. The molecule has 2 aliphatic heterocycles. The van der Waals surface area contributed by atoms with E-state index in [9.17, 15) is 4.79 Å². The molecule has 2 rings (SSSR count). The highest BCUT2D eigenvalue weighted by Gasteiger charge is 2.28. The molecule has 0 aromatic heterocycles. The second-order valence-electron chi connectivity index (χ2n) is 5.87. The maximum atomic E-state index is 12.2. The van der Waals surface area contributed by atoms with Crippen LogP contribution in [0.4, 0.5) is 0 Å². The molecule has 0 aromatic carbocycles. The number of carbonyl (C=O) groups is 1. The Kier molecular flexibility index (Phi) is 6.26. The van der Waals surface area contributed by atoms with Gasteiger partial charge in [0, 0.05) is 19.7 Å². The SMILES string of the molecule is CCN1CCOCC1C(=O)NCCC1CCOC(C)C1. The monoisotopic (exact) mass is 284 g/mol. The Morgan fingerprint density at radius 3 is 3.00 bits per heavy atom. The van der Waals surface area contributed by atoms with E-state index in [1.54, 1.807) is 0 Å². The molecule has 0 radical (unpaired) electrons. The van der Waals surface area contributed by atoms with E-state index in [4.69, 9.17) is 9.47 Å². The van der Waals surface area contributed by atoms with Gasteiger partial charge in [0.05, 0.1) is 19.3 Å². The molecule has 0 aliphatic carbocycles. The van der Waals surface area contributed by atoms with Crippen LogP contribution in [-0.2, 0) is 14.3 Å². The molecule has 116 valence electrons. The predicted octanol–water partition coefficient (Wildman–Crippen LogP) is 1.03. The van der Waals surface area contributed by atoms with E-state index >= 15 is 0 Å². The second kappa shape index (κ2) is 7.96. The van der Waals surface area contributed by atoms with Crippen molar-refractivity contribution >= 4 is 5.91 Å². The topological polar surface area (TPSA) is 50.8 Å².